The van der Waals surface area contributed by atoms with Gasteiger partial charge in [0.15, 0.2) is 0 Å². The monoisotopic (exact) mass is 350 g/mol. The molecule has 0 radical (unpaired) electrons. The number of amides is 1. The van der Waals surface area contributed by atoms with E-state index < -0.39 is 10.8 Å². The van der Waals surface area contributed by atoms with E-state index in [9.17, 15) is 9.00 Å². The van der Waals surface area contributed by atoms with Crippen molar-refractivity contribution in [2.45, 2.75) is 5.75 Å². The Morgan fingerprint density at radius 3 is 2.75 bits per heavy atom. The normalized spacial score (nSPS) is 12.0. The molecule has 24 heavy (non-hydrogen) atoms. The van der Waals surface area contributed by atoms with Gasteiger partial charge in [0.1, 0.15) is 5.75 Å². The smallest absolute Gasteiger partial charge is 0.232 e. The van der Waals surface area contributed by atoms with Gasteiger partial charge in [-0.15, -0.1) is 0 Å². The fourth-order valence-corrected chi connectivity index (χ4v) is 3.22. The molecule has 1 atom stereocenters. The SMILES string of the molecule is O=C(CS(=O)Cc1cccc(-n2cccc2)c1)NCCOCCO. The molecule has 0 aliphatic heterocycles. The first kappa shape index (κ1) is 18.4. The Kier molecular flexibility index (Phi) is 7.67. The predicted molar refractivity (Wildman–Crippen MR) is 93.4 cm³/mol. The molecular weight excluding hydrogens is 328 g/mol. The molecule has 2 aromatic rings. The Balaban J connectivity index is 1.78. The van der Waals surface area contributed by atoms with Crippen molar-refractivity contribution in [3.8, 4) is 5.69 Å². The average molecular weight is 350 g/mol. The zero-order valence-corrected chi connectivity index (χ0v) is 14.2. The second-order valence-electron chi connectivity index (χ2n) is 5.17. The number of benzene rings is 1. The number of aliphatic hydroxyl groups excluding tert-OH is 1. The highest BCUT2D eigenvalue weighted by Gasteiger charge is 2.09. The molecule has 6 nitrogen and oxygen atoms in total. The maximum atomic E-state index is 12.1. The Morgan fingerprint density at radius 2 is 2.00 bits per heavy atom. The Bertz CT molecular complexity index is 658. The van der Waals surface area contributed by atoms with E-state index in [0.717, 1.165) is 11.3 Å². The maximum Gasteiger partial charge on any atom is 0.232 e. The van der Waals surface area contributed by atoms with Gasteiger partial charge in [-0.1, -0.05) is 12.1 Å². The highest BCUT2D eigenvalue weighted by atomic mass is 32.2. The third-order valence-electron chi connectivity index (χ3n) is 3.24. The number of nitrogens with one attached hydrogen (secondary N) is 1. The van der Waals surface area contributed by atoms with E-state index in [2.05, 4.69) is 5.32 Å². The number of hydrogen-bond acceptors (Lipinski definition) is 4. The molecule has 1 aromatic heterocycles. The number of carbonyl (C=O) groups excluding carboxylic acids is 1. The zero-order chi connectivity index (χ0) is 17.2. The maximum absolute atomic E-state index is 12.1. The van der Waals surface area contributed by atoms with Crippen LogP contribution in [0.2, 0.25) is 0 Å². The van der Waals surface area contributed by atoms with E-state index in [1.165, 1.54) is 0 Å². The van der Waals surface area contributed by atoms with Crippen LogP contribution in [0.4, 0.5) is 0 Å². The van der Waals surface area contributed by atoms with Crippen LogP contribution in [0.3, 0.4) is 0 Å². The van der Waals surface area contributed by atoms with Crippen molar-refractivity contribution in [3.05, 3.63) is 54.4 Å². The molecule has 2 rings (SSSR count). The summed E-state index contributed by atoms with van der Waals surface area (Å²) < 4.78 is 19.2. The molecular formula is C17H22N2O4S. The van der Waals surface area contributed by atoms with Gasteiger partial charge in [0.25, 0.3) is 0 Å². The Hall–Kier alpha value is -1.96. The predicted octanol–water partition coefficient (Wildman–Crippen LogP) is 0.851. The zero-order valence-electron chi connectivity index (χ0n) is 13.4. The van der Waals surface area contributed by atoms with Crippen LogP contribution in [0.1, 0.15) is 5.56 Å². The summed E-state index contributed by atoms with van der Waals surface area (Å²) in [6.45, 7) is 0.885. The molecule has 1 heterocycles. The minimum absolute atomic E-state index is 0.0340. The molecule has 1 amide bonds. The number of aliphatic hydroxyl groups is 1. The lowest BCUT2D eigenvalue weighted by atomic mass is 10.2. The molecule has 7 heteroatoms. The van der Waals surface area contributed by atoms with Crippen LogP contribution in [0.25, 0.3) is 5.69 Å². The van der Waals surface area contributed by atoms with Gasteiger partial charge < -0.3 is 19.7 Å². The van der Waals surface area contributed by atoms with Gasteiger partial charge in [-0.25, -0.2) is 0 Å². The van der Waals surface area contributed by atoms with Crippen LogP contribution in [-0.2, 0) is 26.1 Å². The lowest BCUT2D eigenvalue weighted by molar-refractivity contribution is -0.118. The highest BCUT2D eigenvalue weighted by Crippen LogP contribution is 2.12. The molecule has 130 valence electrons. The van der Waals surface area contributed by atoms with Gasteiger partial charge in [-0.05, 0) is 29.8 Å². The Labute approximate surface area is 143 Å². The summed E-state index contributed by atoms with van der Waals surface area (Å²) in [6, 6.07) is 11.7. The Morgan fingerprint density at radius 1 is 1.21 bits per heavy atom. The van der Waals surface area contributed by atoms with E-state index >= 15 is 0 Å². The summed E-state index contributed by atoms with van der Waals surface area (Å²) in [4.78, 5) is 11.7. The second-order valence-corrected chi connectivity index (χ2v) is 6.63. The molecule has 1 aromatic carbocycles. The molecule has 0 spiro atoms. The quantitative estimate of drug-likeness (QED) is 0.623. The van der Waals surface area contributed by atoms with Crippen LogP contribution in [-0.4, -0.2) is 51.9 Å². The molecule has 0 aliphatic rings. The highest BCUT2D eigenvalue weighted by molar-refractivity contribution is 7.84. The lowest BCUT2D eigenvalue weighted by Crippen LogP contribution is -2.31. The van der Waals surface area contributed by atoms with Crippen molar-refractivity contribution < 1.29 is 18.8 Å². The topological polar surface area (TPSA) is 80.6 Å². The summed E-state index contributed by atoms with van der Waals surface area (Å²) in [5.74, 6) is 0.0413. The summed E-state index contributed by atoms with van der Waals surface area (Å²) >= 11 is 0. The van der Waals surface area contributed by atoms with Crippen LogP contribution in [0.5, 0.6) is 0 Å². The number of carbonyl (C=O) groups is 1. The van der Waals surface area contributed by atoms with Gasteiger partial charge in [0, 0.05) is 41.2 Å². The van der Waals surface area contributed by atoms with Gasteiger partial charge in [0.2, 0.25) is 5.91 Å². The van der Waals surface area contributed by atoms with Crippen molar-refractivity contribution in [1.82, 2.24) is 9.88 Å². The summed E-state index contributed by atoms with van der Waals surface area (Å²) in [5, 5.41) is 11.2. The standard InChI is InChI=1S/C17H22N2O4S/c20-9-11-23-10-6-18-17(21)14-24(22)13-15-4-3-5-16(12-15)19-7-1-2-8-19/h1-5,7-8,12,20H,6,9-11,13-14H2,(H,18,21). The van der Waals surface area contributed by atoms with Crippen LogP contribution in [0, 0.1) is 0 Å². The molecule has 0 saturated carbocycles. The summed E-state index contributed by atoms with van der Waals surface area (Å²) in [7, 11) is -1.27. The number of aromatic nitrogens is 1. The number of hydrogen-bond donors (Lipinski definition) is 2. The van der Waals surface area contributed by atoms with E-state index in [4.69, 9.17) is 9.84 Å². The van der Waals surface area contributed by atoms with Gasteiger partial charge in [-0.3, -0.25) is 9.00 Å². The van der Waals surface area contributed by atoms with Crippen molar-refractivity contribution in [3.63, 3.8) is 0 Å². The van der Waals surface area contributed by atoms with Gasteiger partial charge in [0.05, 0.1) is 19.8 Å². The summed E-state index contributed by atoms with van der Waals surface area (Å²) in [5.41, 5.74) is 1.93. The molecule has 0 fully saturated rings. The van der Waals surface area contributed by atoms with Crippen molar-refractivity contribution in [2.24, 2.45) is 0 Å². The average Bonchev–Trinajstić information content (AvgIpc) is 3.09. The number of rotatable bonds is 10. The van der Waals surface area contributed by atoms with Gasteiger partial charge in [-0.2, -0.15) is 0 Å². The van der Waals surface area contributed by atoms with Crippen molar-refractivity contribution >= 4 is 16.7 Å². The number of nitrogens with zero attached hydrogens (tertiary/aromatic N) is 1. The molecule has 0 aliphatic carbocycles. The molecule has 0 bridgehead atoms. The summed E-state index contributed by atoms with van der Waals surface area (Å²) in [6.07, 6.45) is 3.89. The van der Waals surface area contributed by atoms with E-state index in [1.54, 1.807) is 0 Å². The fraction of sp³-hybridized carbons (Fsp3) is 0.353. The largest absolute Gasteiger partial charge is 0.394 e. The van der Waals surface area contributed by atoms with E-state index in [0.29, 0.717) is 18.9 Å². The second kappa shape index (κ2) is 10.0. The minimum Gasteiger partial charge on any atom is -0.394 e. The van der Waals surface area contributed by atoms with Crippen LogP contribution < -0.4 is 5.32 Å². The third-order valence-corrected chi connectivity index (χ3v) is 4.48. The van der Waals surface area contributed by atoms with Crippen LogP contribution in [0.15, 0.2) is 48.8 Å². The fourth-order valence-electron chi connectivity index (χ4n) is 2.18. The van der Waals surface area contributed by atoms with Gasteiger partial charge >= 0.3 is 0 Å². The molecule has 2 N–H and O–H groups in total. The first-order chi connectivity index (χ1) is 11.7. The van der Waals surface area contributed by atoms with E-state index in [1.807, 2.05) is 53.4 Å². The minimum atomic E-state index is -1.27. The van der Waals surface area contributed by atoms with Crippen molar-refractivity contribution in [1.29, 1.82) is 0 Å². The lowest BCUT2D eigenvalue weighted by Gasteiger charge is -2.08. The van der Waals surface area contributed by atoms with E-state index in [-0.39, 0.29) is 24.9 Å². The number of ether oxygens (including phenoxy) is 1. The first-order valence-corrected chi connectivity index (χ1v) is 9.20. The van der Waals surface area contributed by atoms with Crippen molar-refractivity contribution in [2.75, 3.05) is 32.1 Å². The first-order valence-electron chi connectivity index (χ1n) is 7.71. The molecule has 0 saturated heterocycles. The third kappa shape index (κ3) is 6.27. The molecule has 1 unspecified atom stereocenters. The van der Waals surface area contributed by atoms with Crippen LogP contribution >= 0.6 is 0 Å².